The van der Waals surface area contributed by atoms with Crippen LogP contribution >= 0.6 is 0 Å². The van der Waals surface area contributed by atoms with Crippen molar-refractivity contribution in [2.24, 2.45) is 0 Å². The summed E-state index contributed by atoms with van der Waals surface area (Å²) < 4.78 is 4.46. The van der Waals surface area contributed by atoms with Crippen molar-refractivity contribution >= 4 is 8.80 Å². The molecule has 0 aromatic heterocycles. The molecule has 0 rings (SSSR count). The summed E-state index contributed by atoms with van der Waals surface area (Å²) in [4.78, 5) is 0. The monoisotopic (exact) mass is 408 g/mol. The van der Waals surface area contributed by atoms with Crippen LogP contribution in [-0.2, 0) is 38.7 Å². The Bertz CT molecular complexity index is 34.2. The van der Waals surface area contributed by atoms with Crippen LogP contribution in [0.1, 0.15) is 6.42 Å². The first-order valence-corrected chi connectivity index (χ1v) is 4.68. The molecule has 0 saturated heterocycles. The number of hydrogen-bond donors (Lipinski definition) is 0. The van der Waals surface area contributed by atoms with Crippen LogP contribution in [0, 0.1) is 0 Å². The number of hydrogen-bond acceptors (Lipinski definition) is 0. The Kier molecular flexibility index (Phi) is 6.26. The summed E-state index contributed by atoms with van der Waals surface area (Å²) in [6.07, 6.45) is 1.21. The van der Waals surface area contributed by atoms with Crippen molar-refractivity contribution in [3.8, 4) is 0 Å². The third-order valence-electron chi connectivity index (χ3n) is 0.192. The van der Waals surface area contributed by atoms with Gasteiger partial charge in [0.2, 0.25) is 0 Å². The van der Waals surface area contributed by atoms with Gasteiger partial charge in [-0.2, -0.15) is 0 Å². The minimum absolute atomic E-state index is 1.21. The van der Waals surface area contributed by atoms with Crippen LogP contribution in [0.25, 0.3) is 0 Å². The fourth-order valence-corrected chi connectivity index (χ4v) is 2.63. The molecule has 0 aliphatic rings. The van der Waals surface area contributed by atoms with Gasteiger partial charge in [0.05, 0.1) is 0 Å². The van der Waals surface area contributed by atoms with E-state index in [0.717, 1.165) is 0 Å². The molecule has 0 N–H and O–H groups in total. The average molecular weight is 408 g/mol. The third kappa shape index (κ3) is 5.12. The molecule has 0 aliphatic heterocycles. The van der Waals surface area contributed by atoms with Crippen LogP contribution in [0.5, 0.6) is 0 Å². The summed E-state index contributed by atoms with van der Waals surface area (Å²) in [5.41, 5.74) is 0. The van der Waals surface area contributed by atoms with Gasteiger partial charge in [0, 0.05) is 0 Å². The van der Waals surface area contributed by atoms with Gasteiger partial charge in [-0.15, -0.1) is 0 Å². The van der Waals surface area contributed by atoms with Gasteiger partial charge in [0.1, 0.15) is 0 Å². The van der Waals surface area contributed by atoms with Gasteiger partial charge in [0.25, 0.3) is 0 Å². The normalized spacial score (nSPS) is 6.40. The van der Waals surface area contributed by atoms with E-state index in [1.807, 2.05) is 0 Å². The average Bonchev–Trinajstić information content (AvgIpc) is 1.41. The first kappa shape index (κ1) is 6.12. The Morgan fingerprint density at radius 1 is 1.20 bits per heavy atom. The molecule has 0 radical (unpaired) electrons. The second-order valence-electron chi connectivity index (χ2n) is 0.569. The molecule has 0 amide bonds. The third-order valence-corrected chi connectivity index (χ3v) is 1.58. The van der Waals surface area contributed by atoms with Gasteiger partial charge in [0.15, 0.2) is 0 Å². The maximum atomic E-state index is 2.23. The zero-order valence-corrected chi connectivity index (χ0v) is 8.55. The molecule has 5 heavy (non-hydrogen) atoms. The summed E-state index contributed by atoms with van der Waals surface area (Å²) in [5, 5.41) is 0. The first-order chi connectivity index (χ1) is 2.41. The van der Waals surface area contributed by atoms with Crippen molar-refractivity contribution in [2.75, 3.05) is 0 Å². The standard InChI is InChI=1S/C3H4.2W/c1-3-2;;/h1-2H,3H2;;. The zero-order chi connectivity index (χ0) is 4.12. The van der Waals surface area contributed by atoms with E-state index in [0.29, 0.717) is 0 Å². The van der Waals surface area contributed by atoms with Gasteiger partial charge in [-0.1, -0.05) is 0 Å². The Balaban J connectivity index is 2.65. The molecule has 0 fully saturated rings. The molecule has 2 heteroatoms. The first-order valence-electron chi connectivity index (χ1n) is 1.29. The van der Waals surface area contributed by atoms with Gasteiger partial charge in [-0.25, -0.2) is 0 Å². The predicted octanol–water partition coefficient (Wildman–Crippen LogP) is 0.0745. The Labute approximate surface area is 53.8 Å². The molecule has 0 spiro atoms. The molecule has 0 unspecified atom stereocenters. The van der Waals surface area contributed by atoms with Crippen LogP contribution in [-0.4, -0.2) is 8.80 Å². The molecule has 0 heterocycles. The van der Waals surface area contributed by atoms with E-state index in [1.54, 1.807) is 38.7 Å². The van der Waals surface area contributed by atoms with E-state index in [9.17, 15) is 0 Å². The van der Waals surface area contributed by atoms with Crippen LogP contribution in [0.4, 0.5) is 0 Å². The molecular formula is C3H4W2. The quantitative estimate of drug-likeness (QED) is 0.608. The van der Waals surface area contributed by atoms with E-state index in [4.69, 9.17) is 0 Å². The van der Waals surface area contributed by atoms with Gasteiger partial charge >= 0.3 is 53.9 Å². The molecule has 0 saturated carbocycles. The van der Waals surface area contributed by atoms with Gasteiger partial charge in [-0.3, -0.25) is 0 Å². The van der Waals surface area contributed by atoms with Crippen LogP contribution in [0.15, 0.2) is 0 Å². The molecule has 0 aromatic rings. The molecule has 0 nitrogen and oxygen atoms in total. The van der Waals surface area contributed by atoms with E-state index in [1.165, 1.54) is 6.42 Å². The summed E-state index contributed by atoms with van der Waals surface area (Å²) >= 11 is 3.16. The summed E-state index contributed by atoms with van der Waals surface area (Å²) in [7, 11) is 0. The fraction of sp³-hybridized carbons (Fsp3) is 0.333. The van der Waals surface area contributed by atoms with Crippen LogP contribution in [0.3, 0.4) is 0 Å². The van der Waals surface area contributed by atoms with E-state index < -0.39 is 0 Å². The molecule has 0 atom stereocenters. The maximum absolute atomic E-state index is 2.23. The number of rotatable bonds is 2. The van der Waals surface area contributed by atoms with Crippen molar-refractivity contribution in [1.29, 1.82) is 0 Å². The Morgan fingerprint density at radius 3 is 1.60 bits per heavy atom. The molecular weight excluding hydrogens is 404 g/mol. The van der Waals surface area contributed by atoms with E-state index in [-0.39, 0.29) is 0 Å². The van der Waals surface area contributed by atoms with Crippen molar-refractivity contribution < 1.29 is 38.7 Å². The van der Waals surface area contributed by atoms with Crippen molar-refractivity contribution in [3.63, 3.8) is 0 Å². The fourth-order valence-electron chi connectivity index (χ4n) is 0.0393. The second kappa shape index (κ2) is 5.12. The summed E-state index contributed by atoms with van der Waals surface area (Å²) in [6, 6.07) is 0. The zero-order valence-electron chi connectivity index (χ0n) is 2.68. The minimum atomic E-state index is 1.21. The Morgan fingerprint density at radius 2 is 1.60 bits per heavy atom. The van der Waals surface area contributed by atoms with Crippen LogP contribution < -0.4 is 0 Å². The van der Waals surface area contributed by atoms with Crippen molar-refractivity contribution in [2.45, 2.75) is 6.42 Å². The summed E-state index contributed by atoms with van der Waals surface area (Å²) in [6.45, 7) is 0. The summed E-state index contributed by atoms with van der Waals surface area (Å²) in [5.74, 6) is 0. The second-order valence-corrected chi connectivity index (χ2v) is 2.96. The van der Waals surface area contributed by atoms with E-state index in [2.05, 4.69) is 8.80 Å². The molecule has 0 bridgehead atoms. The van der Waals surface area contributed by atoms with Gasteiger partial charge < -0.3 is 0 Å². The predicted molar refractivity (Wildman–Crippen MR) is 16.7 cm³/mol. The van der Waals surface area contributed by atoms with Crippen LogP contribution in [0.2, 0.25) is 0 Å². The van der Waals surface area contributed by atoms with E-state index >= 15 is 0 Å². The van der Waals surface area contributed by atoms with Gasteiger partial charge in [-0.05, 0) is 0 Å². The molecule has 0 aromatic carbocycles. The topological polar surface area (TPSA) is 0 Å². The molecule has 28 valence electrons. The molecule has 0 aliphatic carbocycles. The van der Waals surface area contributed by atoms with Crippen molar-refractivity contribution in [1.82, 2.24) is 0 Å². The van der Waals surface area contributed by atoms with Crippen molar-refractivity contribution in [3.05, 3.63) is 0 Å². The Hall–Kier alpha value is 1.12. The SMILES string of the molecule is [W]=[CH]C[CH]=[W].